The normalized spacial score (nSPS) is 10.8. The predicted molar refractivity (Wildman–Crippen MR) is 98.7 cm³/mol. The molecule has 0 spiro atoms. The number of hydrogen-bond donors (Lipinski definition) is 1. The van der Waals surface area contributed by atoms with Crippen molar-refractivity contribution in [2.75, 3.05) is 19.0 Å². The number of carbonyl (C=O) groups is 2. The molecule has 0 fully saturated rings. The van der Waals surface area contributed by atoms with Crippen LogP contribution in [0.25, 0.3) is 0 Å². The van der Waals surface area contributed by atoms with Gasteiger partial charge >= 0.3 is 5.97 Å². The van der Waals surface area contributed by atoms with Crippen LogP contribution < -0.4 is 14.8 Å². The number of nitrogens with one attached hydrogen (secondary N) is 1. The number of esters is 1. The fraction of sp³-hybridized carbons (Fsp3) is 0.300. The lowest BCUT2D eigenvalue weighted by atomic mass is 10.2. The van der Waals surface area contributed by atoms with Crippen molar-refractivity contribution >= 4 is 17.6 Å². The van der Waals surface area contributed by atoms with Gasteiger partial charge in [-0.15, -0.1) is 0 Å². The summed E-state index contributed by atoms with van der Waals surface area (Å²) in [5.41, 5.74) is 0.593. The number of ether oxygens (including phenoxy) is 3. The van der Waals surface area contributed by atoms with E-state index >= 15 is 0 Å². The molecule has 0 aromatic heterocycles. The molecule has 0 atom stereocenters. The minimum Gasteiger partial charge on any atom is -0.497 e. The largest absolute Gasteiger partial charge is 0.497 e. The highest BCUT2D eigenvalue weighted by molar-refractivity contribution is 6.04. The van der Waals surface area contributed by atoms with E-state index in [1.54, 1.807) is 76.4 Å². The minimum absolute atomic E-state index is 0.186. The monoisotopic (exact) mass is 357 g/mol. The first kappa shape index (κ1) is 19.3. The van der Waals surface area contributed by atoms with Crippen LogP contribution in [0, 0.1) is 0 Å². The summed E-state index contributed by atoms with van der Waals surface area (Å²) in [6.07, 6.45) is 0. The van der Waals surface area contributed by atoms with Gasteiger partial charge in [-0.3, -0.25) is 4.79 Å². The van der Waals surface area contributed by atoms with Crippen LogP contribution in [0.3, 0.4) is 0 Å². The molecule has 26 heavy (non-hydrogen) atoms. The van der Waals surface area contributed by atoms with Crippen molar-refractivity contribution in [1.82, 2.24) is 0 Å². The third kappa shape index (κ3) is 6.12. The van der Waals surface area contributed by atoms with Gasteiger partial charge in [0.25, 0.3) is 5.91 Å². The van der Waals surface area contributed by atoms with Crippen LogP contribution in [-0.2, 0) is 9.53 Å². The molecule has 0 heterocycles. The van der Waals surface area contributed by atoms with E-state index in [0.29, 0.717) is 17.0 Å². The molecule has 0 aliphatic carbocycles. The van der Waals surface area contributed by atoms with Gasteiger partial charge in [0.05, 0.1) is 7.11 Å². The molecule has 0 radical (unpaired) electrons. The Bertz CT molecular complexity index is 745. The molecule has 0 aliphatic rings. The first-order valence-corrected chi connectivity index (χ1v) is 8.17. The Balaban J connectivity index is 1.89. The van der Waals surface area contributed by atoms with Gasteiger partial charge in [0, 0.05) is 11.3 Å². The maximum absolute atomic E-state index is 12.2. The van der Waals surface area contributed by atoms with Crippen LogP contribution in [0.2, 0.25) is 0 Å². The molecule has 0 aliphatic heterocycles. The summed E-state index contributed by atoms with van der Waals surface area (Å²) in [5.74, 6) is 0.513. The van der Waals surface area contributed by atoms with E-state index < -0.39 is 11.6 Å². The second kappa shape index (κ2) is 8.38. The van der Waals surface area contributed by atoms with E-state index in [1.807, 2.05) is 0 Å². The van der Waals surface area contributed by atoms with E-state index in [1.165, 1.54) is 0 Å². The van der Waals surface area contributed by atoms with Crippen LogP contribution in [0.4, 0.5) is 5.69 Å². The molecule has 6 nitrogen and oxygen atoms in total. The molecule has 1 N–H and O–H groups in total. The quantitative estimate of drug-likeness (QED) is 0.799. The van der Waals surface area contributed by atoms with Gasteiger partial charge in [-0.1, -0.05) is 0 Å². The van der Waals surface area contributed by atoms with Crippen LogP contribution in [0.5, 0.6) is 11.5 Å². The Kier molecular flexibility index (Phi) is 6.22. The van der Waals surface area contributed by atoms with E-state index in [4.69, 9.17) is 14.2 Å². The molecular formula is C20H23NO5. The summed E-state index contributed by atoms with van der Waals surface area (Å²) in [4.78, 5) is 23.9. The Morgan fingerprint density at radius 3 is 2.04 bits per heavy atom. The van der Waals surface area contributed by atoms with Crippen molar-refractivity contribution in [3.8, 4) is 11.5 Å². The Labute approximate surface area is 153 Å². The molecule has 2 aromatic rings. The summed E-state index contributed by atoms with van der Waals surface area (Å²) in [5, 5.41) is 2.80. The SMILES string of the molecule is COc1ccc(NC(=O)c2ccc(OCC(=O)OC(C)(C)C)cc2)cc1. The summed E-state index contributed by atoms with van der Waals surface area (Å²) in [6, 6.07) is 13.6. The highest BCUT2D eigenvalue weighted by Crippen LogP contribution is 2.17. The minimum atomic E-state index is -0.552. The Hall–Kier alpha value is -3.02. The number of amides is 1. The van der Waals surface area contributed by atoms with E-state index in [0.717, 1.165) is 5.75 Å². The van der Waals surface area contributed by atoms with Gasteiger partial charge < -0.3 is 19.5 Å². The number of hydrogen-bond acceptors (Lipinski definition) is 5. The van der Waals surface area contributed by atoms with Crippen LogP contribution in [0.1, 0.15) is 31.1 Å². The van der Waals surface area contributed by atoms with Crippen molar-refractivity contribution in [3.05, 3.63) is 54.1 Å². The van der Waals surface area contributed by atoms with Gasteiger partial charge in [0.2, 0.25) is 0 Å². The van der Waals surface area contributed by atoms with Gasteiger partial charge in [0.15, 0.2) is 6.61 Å². The highest BCUT2D eigenvalue weighted by Gasteiger charge is 2.16. The zero-order valence-corrected chi connectivity index (χ0v) is 15.4. The molecule has 1 amide bonds. The third-order valence-corrected chi connectivity index (χ3v) is 3.24. The fourth-order valence-corrected chi connectivity index (χ4v) is 2.09. The maximum Gasteiger partial charge on any atom is 0.344 e. The van der Waals surface area contributed by atoms with Gasteiger partial charge in [0.1, 0.15) is 17.1 Å². The van der Waals surface area contributed by atoms with Crippen molar-refractivity contribution in [3.63, 3.8) is 0 Å². The average Bonchev–Trinajstić information content (AvgIpc) is 2.59. The van der Waals surface area contributed by atoms with Crippen LogP contribution in [-0.4, -0.2) is 31.2 Å². The van der Waals surface area contributed by atoms with Crippen molar-refractivity contribution < 1.29 is 23.8 Å². The predicted octanol–water partition coefficient (Wildman–Crippen LogP) is 3.67. The van der Waals surface area contributed by atoms with Crippen molar-refractivity contribution in [1.29, 1.82) is 0 Å². The Morgan fingerprint density at radius 2 is 1.50 bits per heavy atom. The molecule has 0 saturated heterocycles. The fourth-order valence-electron chi connectivity index (χ4n) is 2.09. The number of carbonyl (C=O) groups excluding carboxylic acids is 2. The number of benzene rings is 2. The second-order valence-electron chi connectivity index (χ2n) is 6.58. The molecule has 2 rings (SSSR count). The zero-order chi connectivity index (χ0) is 19.2. The summed E-state index contributed by atoms with van der Waals surface area (Å²) in [6.45, 7) is 5.19. The van der Waals surface area contributed by atoms with E-state index in [9.17, 15) is 9.59 Å². The van der Waals surface area contributed by atoms with Gasteiger partial charge in [-0.2, -0.15) is 0 Å². The lowest BCUT2D eigenvalue weighted by molar-refractivity contribution is -0.157. The smallest absolute Gasteiger partial charge is 0.344 e. The molecule has 0 unspecified atom stereocenters. The number of methoxy groups -OCH3 is 1. The summed E-state index contributed by atoms with van der Waals surface area (Å²) in [7, 11) is 1.58. The number of anilines is 1. The maximum atomic E-state index is 12.2. The van der Waals surface area contributed by atoms with Crippen molar-refractivity contribution in [2.24, 2.45) is 0 Å². The molecule has 6 heteroatoms. The zero-order valence-electron chi connectivity index (χ0n) is 15.4. The number of rotatable bonds is 6. The van der Waals surface area contributed by atoms with Gasteiger partial charge in [-0.05, 0) is 69.3 Å². The molecule has 138 valence electrons. The van der Waals surface area contributed by atoms with Crippen LogP contribution in [0.15, 0.2) is 48.5 Å². The first-order valence-electron chi connectivity index (χ1n) is 8.17. The molecule has 2 aromatic carbocycles. The lowest BCUT2D eigenvalue weighted by Crippen LogP contribution is -2.27. The van der Waals surface area contributed by atoms with Gasteiger partial charge in [-0.25, -0.2) is 4.79 Å². The third-order valence-electron chi connectivity index (χ3n) is 3.24. The molecule has 0 bridgehead atoms. The first-order chi connectivity index (χ1) is 12.3. The molecule has 0 saturated carbocycles. The lowest BCUT2D eigenvalue weighted by Gasteiger charge is -2.19. The van der Waals surface area contributed by atoms with Crippen molar-refractivity contribution in [2.45, 2.75) is 26.4 Å². The topological polar surface area (TPSA) is 73.9 Å². The van der Waals surface area contributed by atoms with E-state index in [-0.39, 0.29) is 12.5 Å². The second-order valence-corrected chi connectivity index (χ2v) is 6.58. The van der Waals surface area contributed by atoms with Crippen LogP contribution >= 0.6 is 0 Å². The average molecular weight is 357 g/mol. The molecular weight excluding hydrogens is 334 g/mol. The standard InChI is InChI=1S/C20H23NO5/c1-20(2,3)26-18(22)13-25-17-9-5-14(6-10-17)19(23)21-15-7-11-16(24-4)12-8-15/h5-12H,13H2,1-4H3,(H,21,23). The summed E-state index contributed by atoms with van der Waals surface area (Å²) >= 11 is 0. The van der Waals surface area contributed by atoms with E-state index in [2.05, 4.69) is 5.32 Å². The highest BCUT2D eigenvalue weighted by atomic mass is 16.6. The Morgan fingerprint density at radius 1 is 0.923 bits per heavy atom. The summed E-state index contributed by atoms with van der Waals surface area (Å²) < 4.78 is 15.6.